The van der Waals surface area contributed by atoms with E-state index in [4.69, 9.17) is 0 Å². The molecule has 0 radical (unpaired) electrons. The normalized spacial score (nSPS) is 10.8. The first kappa shape index (κ1) is 20.5. The minimum Gasteiger partial charge on any atom is -0.338 e. The van der Waals surface area contributed by atoms with Crippen LogP contribution in [-0.2, 0) is 7.05 Å². The first-order chi connectivity index (χ1) is 16.1. The number of aryl methyl sites for hydroxylation is 2. The smallest absolute Gasteiger partial charge is 0.256 e. The molecule has 0 aliphatic rings. The average molecular weight is 434 g/mol. The van der Waals surface area contributed by atoms with E-state index in [2.05, 4.69) is 20.7 Å². The molecule has 0 aliphatic heterocycles. The van der Waals surface area contributed by atoms with E-state index < -0.39 is 0 Å². The number of rotatable bonds is 5. The molecule has 6 heteroatoms. The molecule has 162 valence electrons. The van der Waals surface area contributed by atoms with Crippen molar-refractivity contribution < 1.29 is 4.79 Å². The highest BCUT2D eigenvalue weighted by Gasteiger charge is 2.15. The van der Waals surface area contributed by atoms with E-state index in [9.17, 15) is 4.79 Å². The Hall–Kier alpha value is -4.45. The Balaban J connectivity index is 1.55. The molecule has 2 N–H and O–H groups in total. The van der Waals surface area contributed by atoms with Gasteiger partial charge >= 0.3 is 0 Å². The molecule has 3 aromatic carbocycles. The van der Waals surface area contributed by atoms with Gasteiger partial charge in [-0.1, -0.05) is 54.6 Å². The summed E-state index contributed by atoms with van der Waals surface area (Å²) in [7, 11) is 1.87. The molecular weight excluding hydrogens is 410 g/mol. The van der Waals surface area contributed by atoms with Crippen LogP contribution in [0.3, 0.4) is 0 Å². The highest BCUT2D eigenvalue weighted by Crippen LogP contribution is 2.30. The second-order valence-corrected chi connectivity index (χ2v) is 7.94. The molecule has 0 atom stereocenters. The van der Waals surface area contributed by atoms with E-state index >= 15 is 0 Å². The summed E-state index contributed by atoms with van der Waals surface area (Å²) in [5.74, 6) is 0.385. The standard InChI is InChI=1S/C27H23N5O/c1-18-8-3-6-13-24(18)30-26-25(14-20(15-28-26)21-16-29-32(2)17-21)31-27(33)23-12-7-10-19-9-4-5-11-22(19)23/h3-17H,1-2H3,(H,28,30)(H,31,33). The highest BCUT2D eigenvalue weighted by molar-refractivity contribution is 6.13. The number of nitrogens with zero attached hydrogens (tertiary/aromatic N) is 3. The molecule has 0 saturated heterocycles. The maximum absolute atomic E-state index is 13.4. The van der Waals surface area contributed by atoms with Gasteiger partial charge in [-0.15, -0.1) is 0 Å². The lowest BCUT2D eigenvalue weighted by atomic mass is 10.0. The summed E-state index contributed by atoms with van der Waals surface area (Å²) < 4.78 is 1.74. The summed E-state index contributed by atoms with van der Waals surface area (Å²) in [5.41, 5.74) is 5.01. The summed E-state index contributed by atoms with van der Waals surface area (Å²) >= 11 is 0. The van der Waals surface area contributed by atoms with Gasteiger partial charge in [-0.3, -0.25) is 9.48 Å². The third-order valence-electron chi connectivity index (χ3n) is 5.61. The molecule has 0 fully saturated rings. The average Bonchev–Trinajstić information content (AvgIpc) is 3.27. The van der Waals surface area contributed by atoms with Crippen molar-refractivity contribution in [3.05, 3.63) is 103 Å². The molecule has 33 heavy (non-hydrogen) atoms. The van der Waals surface area contributed by atoms with Crippen molar-refractivity contribution >= 4 is 33.9 Å². The third kappa shape index (κ3) is 4.19. The fourth-order valence-corrected chi connectivity index (χ4v) is 3.84. The van der Waals surface area contributed by atoms with Gasteiger partial charge in [0.1, 0.15) is 0 Å². The molecule has 0 spiro atoms. The van der Waals surface area contributed by atoms with Crippen molar-refractivity contribution in [2.75, 3.05) is 10.6 Å². The Morgan fingerprint density at radius 3 is 2.48 bits per heavy atom. The molecule has 0 unspecified atom stereocenters. The monoisotopic (exact) mass is 433 g/mol. The lowest BCUT2D eigenvalue weighted by Crippen LogP contribution is -2.14. The van der Waals surface area contributed by atoms with Gasteiger partial charge in [0.05, 0.1) is 11.9 Å². The van der Waals surface area contributed by atoms with Crippen LogP contribution < -0.4 is 10.6 Å². The molecule has 0 bridgehead atoms. The first-order valence-corrected chi connectivity index (χ1v) is 10.7. The summed E-state index contributed by atoms with van der Waals surface area (Å²) in [6.45, 7) is 2.03. The van der Waals surface area contributed by atoms with Crippen LogP contribution in [0.2, 0.25) is 0 Å². The lowest BCUT2D eigenvalue weighted by Gasteiger charge is -2.15. The van der Waals surface area contributed by atoms with Gasteiger partial charge in [0.25, 0.3) is 5.91 Å². The predicted octanol–water partition coefficient (Wildman–Crippen LogP) is 5.94. The van der Waals surface area contributed by atoms with Crippen molar-refractivity contribution in [2.24, 2.45) is 7.05 Å². The van der Waals surface area contributed by atoms with Gasteiger partial charge in [0.15, 0.2) is 5.82 Å². The van der Waals surface area contributed by atoms with Crippen molar-refractivity contribution in [2.45, 2.75) is 6.92 Å². The summed E-state index contributed by atoms with van der Waals surface area (Å²) in [5, 5.41) is 12.6. The second-order valence-electron chi connectivity index (χ2n) is 7.94. The number of hydrogen-bond acceptors (Lipinski definition) is 4. The number of anilines is 3. The number of para-hydroxylation sites is 1. The van der Waals surface area contributed by atoms with Crippen LogP contribution in [0.1, 0.15) is 15.9 Å². The number of pyridine rings is 1. The van der Waals surface area contributed by atoms with E-state index in [0.717, 1.165) is 33.2 Å². The van der Waals surface area contributed by atoms with E-state index in [1.165, 1.54) is 0 Å². The number of amides is 1. The van der Waals surface area contributed by atoms with Gasteiger partial charge in [-0.2, -0.15) is 5.10 Å². The number of nitrogens with one attached hydrogen (secondary N) is 2. The molecule has 5 rings (SSSR count). The number of hydrogen-bond donors (Lipinski definition) is 2. The molecular formula is C27H23N5O. The quantitative estimate of drug-likeness (QED) is 0.360. The number of aromatic nitrogens is 3. The van der Waals surface area contributed by atoms with Crippen LogP contribution in [0, 0.1) is 6.92 Å². The lowest BCUT2D eigenvalue weighted by molar-refractivity contribution is 0.102. The maximum atomic E-state index is 13.4. The van der Waals surface area contributed by atoms with Crippen LogP contribution in [0.5, 0.6) is 0 Å². The highest BCUT2D eigenvalue weighted by atomic mass is 16.1. The number of carbonyl (C=O) groups is 1. The van der Waals surface area contributed by atoms with Crippen molar-refractivity contribution in [3.63, 3.8) is 0 Å². The number of benzene rings is 3. The van der Waals surface area contributed by atoms with E-state index in [1.807, 2.05) is 93.0 Å². The van der Waals surface area contributed by atoms with Gasteiger partial charge in [-0.05, 0) is 41.5 Å². The van der Waals surface area contributed by atoms with Gasteiger partial charge in [-0.25, -0.2) is 4.98 Å². The molecule has 0 saturated carbocycles. The first-order valence-electron chi connectivity index (χ1n) is 10.7. The Morgan fingerprint density at radius 2 is 1.67 bits per heavy atom. The summed E-state index contributed by atoms with van der Waals surface area (Å²) in [6.07, 6.45) is 5.48. The molecule has 1 amide bonds. The van der Waals surface area contributed by atoms with Gasteiger partial charge < -0.3 is 10.6 Å². The summed E-state index contributed by atoms with van der Waals surface area (Å²) in [4.78, 5) is 18.0. The van der Waals surface area contributed by atoms with Crippen LogP contribution in [0.4, 0.5) is 17.2 Å². The second kappa shape index (κ2) is 8.59. The molecule has 5 aromatic rings. The Bertz CT molecular complexity index is 1470. The Morgan fingerprint density at radius 1 is 0.879 bits per heavy atom. The topological polar surface area (TPSA) is 71.8 Å². The van der Waals surface area contributed by atoms with Crippen molar-refractivity contribution in [3.8, 4) is 11.1 Å². The molecule has 2 aromatic heterocycles. The van der Waals surface area contributed by atoms with Crippen molar-refractivity contribution in [1.29, 1.82) is 0 Å². The van der Waals surface area contributed by atoms with Gasteiger partial charge in [0.2, 0.25) is 0 Å². The zero-order chi connectivity index (χ0) is 22.8. The Labute approximate surface area is 191 Å². The maximum Gasteiger partial charge on any atom is 0.256 e. The Kier molecular flexibility index (Phi) is 5.32. The van der Waals surface area contributed by atoms with E-state index in [1.54, 1.807) is 17.1 Å². The largest absolute Gasteiger partial charge is 0.338 e. The number of fused-ring (bicyclic) bond motifs is 1. The third-order valence-corrected chi connectivity index (χ3v) is 5.61. The fourth-order valence-electron chi connectivity index (χ4n) is 3.84. The van der Waals surface area contributed by atoms with Crippen LogP contribution >= 0.6 is 0 Å². The van der Waals surface area contributed by atoms with E-state index in [0.29, 0.717) is 17.1 Å². The molecule has 2 heterocycles. The van der Waals surface area contributed by atoms with Crippen molar-refractivity contribution in [1.82, 2.24) is 14.8 Å². The molecule has 0 aliphatic carbocycles. The van der Waals surface area contributed by atoms with Gasteiger partial charge in [0, 0.05) is 41.8 Å². The molecule has 6 nitrogen and oxygen atoms in total. The zero-order valence-electron chi connectivity index (χ0n) is 18.4. The SMILES string of the molecule is Cc1ccccc1Nc1ncc(-c2cnn(C)c2)cc1NC(=O)c1cccc2ccccc12. The summed E-state index contributed by atoms with van der Waals surface area (Å²) in [6, 6.07) is 23.5. The van der Waals surface area contributed by atoms with Crippen LogP contribution in [0.25, 0.3) is 21.9 Å². The predicted molar refractivity (Wildman–Crippen MR) is 133 cm³/mol. The van der Waals surface area contributed by atoms with Crippen LogP contribution in [-0.4, -0.2) is 20.7 Å². The van der Waals surface area contributed by atoms with E-state index in [-0.39, 0.29) is 5.91 Å². The number of carbonyl (C=O) groups excluding carboxylic acids is 1. The minimum absolute atomic E-state index is 0.190. The zero-order valence-corrected chi connectivity index (χ0v) is 18.4. The minimum atomic E-state index is -0.190. The fraction of sp³-hybridized carbons (Fsp3) is 0.0741. The van der Waals surface area contributed by atoms with Crippen LogP contribution in [0.15, 0.2) is 91.4 Å².